The Morgan fingerprint density at radius 1 is 1.47 bits per heavy atom. The summed E-state index contributed by atoms with van der Waals surface area (Å²) in [6.45, 7) is 3.99. The molecule has 1 saturated heterocycles. The van der Waals surface area contributed by atoms with Crippen molar-refractivity contribution in [3.8, 4) is 6.07 Å². The lowest BCUT2D eigenvalue weighted by molar-refractivity contribution is -0.141. The van der Waals surface area contributed by atoms with Gasteiger partial charge in [-0.3, -0.25) is 4.79 Å². The van der Waals surface area contributed by atoms with Gasteiger partial charge in [0.25, 0.3) is 0 Å². The van der Waals surface area contributed by atoms with E-state index in [0.29, 0.717) is 17.1 Å². The molecule has 0 radical (unpaired) electrons. The van der Waals surface area contributed by atoms with Gasteiger partial charge in [-0.1, -0.05) is 0 Å². The highest BCUT2D eigenvalue weighted by molar-refractivity contribution is 5.72. The van der Waals surface area contributed by atoms with Gasteiger partial charge >= 0.3 is 5.97 Å². The first-order valence-corrected chi connectivity index (χ1v) is 5.85. The number of carboxylic acids is 1. The average molecular weight is 262 g/mol. The third kappa shape index (κ3) is 2.48. The molecule has 0 aliphatic carbocycles. The lowest BCUT2D eigenvalue weighted by Crippen LogP contribution is -2.34. The maximum absolute atomic E-state index is 11.1. The Balaban J connectivity index is 2.27. The van der Waals surface area contributed by atoms with Gasteiger partial charge in [-0.05, 0) is 19.4 Å². The van der Waals surface area contributed by atoms with Gasteiger partial charge in [-0.15, -0.1) is 5.10 Å². The molecule has 7 heteroatoms. The van der Waals surface area contributed by atoms with Gasteiger partial charge in [0.2, 0.25) is 0 Å². The third-order valence-corrected chi connectivity index (χ3v) is 3.29. The van der Waals surface area contributed by atoms with Gasteiger partial charge in [0.1, 0.15) is 17.6 Å². The number of carboxylic acid groups (broad SMARTS) is 1. The SMILES string of the molecule is Cc1nnc(NC2COCC2C(=O)O)c(C#N)c1C. The first-order chi connectivity index (χ1) is 9.04. The van der Waals surface area contributed by atoms with Crippen LogP contribution in [0.3, 0.4) is 0 Å². The number of carbonyl (C=O) groups is 1. The standard InChI is InChI=1S/C12H14N4O3/c1-6-7(2)15-16-11(8(6)3-13)14-10-5-19-4-9(10)12(17)18/h9-10H,4-5H2,1-2H3,(H,14,16)(H,17,18). The minimum absolute atomic E-state index is 0.160. The lowest BCUT2D eigenvalue weighted by atomic mass is 10.0. The summed E-state index contributed by atoms with van der Waals surface area (Å²) < 4.78 is 5.16. The van der Waals surface area contributed by atoms with Crippen molar-refractivity contribution in [2.45, 2.75) is 19.9 Å². The molecule has 2 unspecified atom stereocenters. The van der Waals surface area contributed by atoms with E-state index in [1.54, 1.807) is 13.8 Å². The molecule has 2 heterocycles. The zero-order valence-corrected chi connectivity index (χ0v) is 10.7. The van der Waals surface area contributed by atoms with E-state index in [1.165, 1.54) is 0 Å². The fraction of sp³-hybridized carbons (Fsp3) is 0.500. The predicted octanol–water partition coefficient (Wildman–Crippen LogP) is 0.477. The topological polar surface area (TPSA) is 108 Å². The first kappa shape index (κ1) is 13.2. The second-order valence-electron chi connectivity index (χ2n) is 4.48. The molecular formula is C12H14N4O3. The van der Waals surface area contributed by atoms with E-state index in [9.17, 15) is 4.79 Å². The van der Waals surface area contributed by atoms with Crippen LogP contribution in [0.4, 0.5) is 5.82 Å². The Labute approximate surface area is 110 Å². The molecule has 0 spiro atoms. The van der Waals surface area contributed by atoms with E-state index in [0.717, 1.165) is 5.56 Å². The molecule has 1 aromatic rings. The van der Waals surface area contributed by atoms with Crippen LogP contribution in [-0.4, -0.2) is 40.5 Å². The number of anilines is 1. The molecule has 0 aromatic carbocycles. The van der Waals surface area contributed by atoms with E-state index >= 15 is 0 Å². The van der Waals surface area contributed by atoms with Crippen LogP contribution in [-0.2, 0) is 9.53 Å². The second-order valence-corrected chi connectivity index (χ2v) is 4.48. The number of aromatic nitrogens is 2. The number of nitriles is 1. The first-order valence-electron chi connectivity index (χ1n) is 5.85. The van der Waals surface area contributed by atoms with Gasteiger partial charge in [-0.2, -0.15) is 10.4 Å². The van der Waals surface area contributed by atoms with Crippen molar-refractivity contribution >= 4 is 11.8 Å². The minimum atomic E-state index is -0.926. The average Bonchev–Trinajstić information content (AvgIpc) is 2.82. The van der Waals surface area contributed by atoms with Crippen LogP contribution < -0.4 is 5.32 Å². The van der Waals surface area contributed by atoms with Crippen molar-refractivity contribution in [2.75, 3.05) is 18.5 Å². The number of nitrogens with one attached hydrogen (secondary N) is 1. The Kier molecular flexibility index (Phi) is 3.62. The Hall–Kier alpha value is -2.20. The molecule has 0 amide bonds. The van der Waals surface area contributed by atoms with Crippen LogP contribution in [0.5, 0.6) is 0 Å². The maximum Gasteiger partial charge on any atom is 0.311 e. The Morgan fingerprint density at radius 3 is 2.84 bits per heavy atom. The third-order valence-electron chi connectivity index (χ3n) is 3.29. The molecule has 2 N–H and O–H groups in total. The molecular weight excluding hydrogens is 248 g/mol. The zero-order valence-electron chi connectivity index (χ0n) is 10.7. The number of hydrogen-bond donors (Lipinski definition) is 2. The van der Waals surface area contributed by atoms with Gasteiger partial charge in [-0.25, -0.2) is 0 Å². The summed E-state index contributed by atoms with van der Waals surface area (Å²) >= 11 is 0. The molecule has 100 valence electrons. The van der Waals surface area contributed by atoms with E-state index in [1.807, 2.05) is 0 Å². The van der Waals surface area contributed by atoms with E-state index in [2.05, 4.69) is 21.6 Å². The van der Waals surface area contributed by atoms with Crippen molar-refractivity contribution in [2.24, 2.45) is 5.92 Å². The van der Waals surface area contributed by atoms with Gasteiger partial charge in [0.15, 0.2) is 5.82 Å². The van der Waals surface area contributed by atoms with Crippen molar-refractivity contribution < 1.29 is 14.6 Å². The molecule has 1 aliphatic rings. The molecule has 19 heavy (non-hydrogen) atoms. The highest BCUT2D eigenvalue weighted by atomic mass is 16.5. The summed E-state index contributed by atoms with van der Waals surface area (Å²) in [5, 5.41) is 29.1. The fourth-order valence-electron chi connectivity index (χ4n) is 1.96. The monoisotopic (exact) mass is 262 g/mol. The molecule has 0 saturated carbocycles. The van der Waals surface area contributed by atoms with Crippen LogP contribution in [0.15, 0.2) is 0 Å². The quantitative estimate of drug-likeness (QED) is 0.815. The van der Waals surface area contributed by atoms with E-state index in [4.69, 9.17) is 15.1 Å². The van der Waals surface area contributed by atoms with Crippen LogP contribution in [0, 0.1) is 31.1 Å². The van der Waals surface area contributed by atoms with E-state index in [-0.39, 0.29) is 13.2 Å². The molecule has 1 aromatic heterocycles. The van der Waals surface area contributed by atoms with Crippen molar-refractivity contribution in [1.29, 1.82) is 5.26 Å². The van der Waals surface area contributed by atoms with Crippen molar-refractivity contribution in [3.63, 3.8) is 0 Å². The number of aliphatic carboxylic acids is 1. The summed E-state index contributed by atoms with van der Waals surface area (Å²) in [5.74, 6) is -1.26. The Bertz CT molecular complexity index is 553. The number of aryl methyl sites for hydroxylation is 1. The molecule has 1 fully saturated rings. The summed E-state index contributed by atoms with van der Waals surface area (Å²) in [6, 6.07) is 1.67. The summed E-state index contributed by atoms with van der Waals surface area (Å²) in [5.41, 5.74) is 1.81. The molecule has 1 aliphatic heterocycles. The number of nitrogens with zero attached hydrogens (tertiary/aromatic N) is 3. The minimum Gasteiger partial charge on any atom is -0.481 e. The second kappa shape index (κ2) is 5.20. The van der Waals surface area contributed by atoms with Gasteiger partial charge in [0.05, 0.1) is 24.9 Å². The van der Waals surface area contributed by atoms with Crippen LogP contribution in [0.1, 0.15) is 16.8 Å². The molecule has 7 nitrogen and oxygen atoms in total. The zero-order chi connectivity index (χ0) is 14.0. The van der Waals surface area contributed by atoms with Gasteiger partial charge < -0.3 is 15.2 Å². The highest BCUT2D eigenvalue weighted by Crippen LogP contribution is 2.22. The summed E-state index contributed by atoms with van der Waals surface area (Å²) in [7, 11) is 0. The normalized spacial score (nSPS) is 21.9. The number of hydrogen-bond acceptors (Lipinski definition) is 6. The molecule has 2 atom stereocenters. The van der Waals surface area contributed by atoms with E-state index < -0.39 is 17.9 Å². The molecule has 0 bridgehead atoms. The van der Waals surface area contributed by atoms with Crippen molar-refractivity contribution in [3.05, 3.63) is 16.8 Å². The largest absolute Gasteiger partial charge is 0.481 e. The fourth-order valence-corrected chi connectivity index (χ4v) is 1.96. The Morgan fingerprint density at radius 2 is 2.21 bits per heavy atom. The number of rotatable bonds is 3. The lowest BCUT2D eigenvalue weighted by Gasteiger charge is -2.17. The number of ether oxygens (including phenoxy) is 1. The highest BCUT2D eigenvalue weighted by Gasteiger charge is 2.34. The van der Waals surface area contributed by atoms with Crippen LogP contribution in [0.2, 0.25) is 0 Å². The van der Waals surface area contributed by atoms with Gasteiger partial charge in [0, 0.05) is 0 Å². The predicted molar refractivity (Wildman–Crippen MR) is 65.6 cm³/mol. The molecule has 2 rings (SSSR count). The van der Waals surface area contributed by atoms with Crippen molar-refractivity contribution in [1.82, 2.24) is 10.2 Å². The smallest absolute Gasteiger partial charge is 0.311 e. The summed E-state index contributed by atoms with van der Waals surface area (Å²) in [4.78, 5) is 11.1. The van der Waals surface area contributed by atoms with Crippen LogP contribution in [0.25, 0.3) is 0 Å². The maximum atomic E-state index is 11.1. The van der Waals surface area contributed by atoms with Crippen LogP contribution >= 0.6 is 0 Å². The summed E-state index contributed by atoms with van der Waals surface area (Å²) in [6.07, 6.45) is 0.